The maximum absolute atomic E-state index is 10.6. The van der Waals surface area contributed by atoms with E-state index in [1.54, 1.807) is 0 Å². The maximum Gasteiger partial charge on any atom is 0.121 e. The molecule has 0 aromatic heterocycles. The minimum absolute atomic E-state index is 0.318. The lowest BCUT2D eigenvalue weighted by Crippen LogP contribution is -2.26. The molecule has 0 atom stereocenters. The van der Waals surface area contributed by atoms with Crippen molar-refractivity contribution in [3.8, 4) is 17.2 Å². The van der Waals surface area contributed by atoms with Crippen molar-refractivity contribution in [2.75, 3.05) is 0 Å². The molecule has 0 aliphatic rings. The number of aromatic hydroxyl groups is 3. The smallest absolute Gasteiger partial charge is 0.121 e. The minimum Gasteiger partial charge on any atom is -0.507 e. The summed E-state index contributed by atoms with van der Waals surface area (Å²) in [4.78, 5) is 0. The molecule has 0 spiro atoms. The second-order valence-electron chi connectivity index (χ2n) is 8.89. The fourth-order valence-corrected chi connectivity index (χ4v) is 4.57. The van der Waals surface area contributed by atoms with Crippen molar-refractivity contribution in [1.82, 2.24) is 0 Å². The van der Waals surface area contributed by atoms with Gasteiger partial charge in [0.05, 0.1) is 0 Å². The summed E-state index contributed by atoms with van der Waals surface area (Å²) in [6, 6.07) is 12.4. The largest absolute Gasteiger partial charge is 0.507 e. The molecule has 0 unspecified atom stereocenters. The van der Waals surface area contributed by atoms with Crippen LogP contribution in [0.25, 0.3) is 0 Å². The van der Waals surface area contributed by atoms with Crippen LogP contribution in [0.5, 0.6) is 17.2 Å². The standard InChI is InChI=1S/C28H34O3/c1-8-20-14-23(12-18(5)26(20)30)28(7,22-10-16(3)25(29)17(4)11-22)24-13-19(6)27(31)21(9-2)15-24/h10-15,29-31H,8-9H2,1-7H3. The normalized spacial score (nSPS) is 11.7. The topological polar surface area (TPSA) is 60.7 Å². The molecule has 0 aliphatic heterocycles. The monoisotopic (exact) mass is 418 g/mol. The van der Waals surface area contributed by atoms with Crippen LogP contribution in [0.1, 0.15) is 70.8 Å². The second kappa shape index (κ2) is 8.30. The van der Waals surface area contributed by atoms with E-state index in [4.69, 9.17) is 0 Å². The zero-order chi connectivity index (χ0) is 23.1. The van der Waals surface area contributed by atoms with Crippen LogP contribution in [0, 0.1) is 27.7 Å². The first kappa shape index (κ1) is 22.7. The van der Waals surface area contributed by atoms with E-state index in [0.29, 0.717) is 17.2 Å². The molecule has 0 heterocycles. The lowest BCUT2D eigenvalue weighted by molar-refractivity contribution is 0.463. The first-order valence-corrected chi connectivity index (χ1v) is 11.0. The molecule has 0 fully saturated rings. The van der Waals surface area contributed by atoms with E-state index in [1.807, 2.05) is 53.7 Å². The van der Waals surface area contributed by atoms with Gasteiger partial charge in [-0.3, -0.25) is 0 Å². The van der Waals surface area contributed by atoms with E-state index in [-0.39, 0.29) is 0 Å². The molecule has 0 aliphatic carbocycles. The molecule has 0 saturated heterocycles. The van der Waals surface area contributed by atoms with Crippen molar-refractivity contribution in [3.05, 3.63) is 86.5 Å². The Morgan fingerprint density at radius 3 is 1.16 bits per heavy atom. The zero-order valence-electron chi connectivity index (χ0n) is 19.7. The highest BCUT2D eigenvalue weighted by Crippen LogP contribution is 2.44. The average molecular weight is 419 g/mol. The Bertz CT molecular complexity index is 1060. The Labute approximate surface area is 186 Å². The third-order valence-electron chi connectivity index (χ3n) is 6.74. The quantitative estimate of drug-likeness (QED) is 0.414. The maximum atomic E-state index is 10.6. The summed E-state index contributed by atoms with van der Waals surface area (Å²) in [5.41, 5.74) is 7.88. The minimum atomic E-state index is -0.534. The molecule has 164 valence electrons. The number of phenols is 3. The zero-order valence-corrected chi connectivity index (χ0v) is 19.7. The molecule has 0 radical (unpaired) electrons. The van der Waals surface area contributed by atoms with Crippen LogP contribution in [0.4, 0.5) is 0 Å². The van der Waals surface area contributed by atoms with Crippen LogP contribution in [-0.2, 0) is 18.3 Å². The summed E-state index contributed by atoms with van der Waals surface area (Å²) < 4.78 is 0. The van der Waals surface area contributed by atoms with Gasteiger partial charge in [0.15, 0.2) is 0 Å². The van der Waals surface area contributed by atoms with E-state index < -0.39 is 5.41 Å². The number of benzene rings is 3. The number of hydrogen-bond acceptors (Lipinski definition) is 3. The molecule has 31 heavy (non-hydrogen) atoms. The van der Waals surface area contributed by atoms with Crippen molar-refractivity contribution in [2.45, 2.75) is 66.7 Å². The van der Waals surface area contributed by atoms with Gasteiger partial charge >= 0.3 is 0 Å². The Morgan fingerprint density at radius 2 is 0.839 bits per heavy atom. The molecular formula is C28H34O3. The first-order chi connectivity index (χ1) is 14.5. The van der Waals surface area contributed by atoms with Gasteiger partial charge in [0, 0.05) is 5.41 Å². The van der Waals surface area contributed by atoms with E-state index in [9.17, 15) is 15.3 Å². The van der Waals surface area contributed by atoms with Crippen LogP contribution in [0.3, 0.4) is 0 Å². The van der Waals surface area contributed by atoms with Crippen LogP contribution < -0.4 is 0 Å². The van der Waals surface area contributed by atoms with Crippen molar-refractivity contribution < 1.29 is 15.3 Å². The first-order valence-electron chi connectivity index (χ1n) is 11.0. The van der Waals surface area contributed by atoms with Gasteiger partial charge in [0.25, 0.3) is 0 Å². The van der Waals surface area contributed by atoms with Gasteiger partial charge in [0.2, 0.25) is 0 Å². The lowest BCUT2D eigenvalue weighted by atomic mass is 9.69. The van der Waals surface area contributed by atoms with Gasteiger partial charge in [-0.25, -0.2) is 0 Å². The summed E-state index contributed by atoms with van der Waals surface area (Å²) in [5.74, 6) is 1.02. The summed E-state index contributed by atoms with van der Waals surface area (Å²) in [6.07, 6.45) is 1.47. The lowest BCUT2D eigenvalue weighted by Gasteiger charge is -2.34. The van der Waals surface area contributed by atoms with Crippen LogP contribution in [-0.4, -0.2) is 15.3 Å². The van der Waals surface area contributed by atoms with Crippen molar-refractivity contribution in [3.63, 3.8) is 0 Å². The molecule has 3 aromatic rings. The molecule has 3 aromatic carbocycles. The van der Waals surface area contributed by atoms with Crippen LogP contribution >= 0.6 is 0 Å². The Morgan fingerprint density at radius 1 is 0.548 bits per heavy atom. The number of aryl methyl sites for hydroxylation is 6. The summed E-state index contributed by atoms with van der Waals surface area (Å²) in [5, 5.41) is 31.5. The van der Waals surface area contributed by atoms with Crippen LogP contribution in [0.2, 0.25) is 0 Å². The fourth-order valence-electron chi connectivity index (χ4n) is 4.57. The Kier molecular flexibility index (Phi) is 6.09. The van der Waals surface area contributed by atoms with E-state index in [0.717, 1.165) is 62.9 Å². The number of rotatable bonds is 5. The third kappa shape index (κ3) is 3.78. The fraction of sp³-hybridized carbons (Fsp3) is 0.357. The molecule has 3 N–H and O–H groups in total. The van der Waals surface area contributed by atoms with Gasteiger partial charge in [0.1, 0.15) is 17.2 Å². The van der Waals surface area contributed by atoms with Gasteiger partial charge in [-0.1, -0.05) is 50.2 Å². The highest BCUT2D eigenvalue weighted by molar-refractivity contribution is 5.59. The molecule has 0 bridgehead atoms. The predicted octanol–water partition coefficient (Wildman–Crippen LogP) is 6.52. The van der Waals surface area contributed by atoms with Crippen LogP contribution in [0.15, 0.2) is 36.4 Å². The highest BCUT2D eigenvalue weighted by atomic mass is 16.3. The Hall–Kier alpha value is -2.94. The molecular weight excluding hydrogens is 384 g/mol. The van der Waals surface area contributed by atoms with Crippen molar-refractivity contribution in [2.24, 2.45) is 0 Å². The second-order valence-corrected chi connectivity index (χ2v) is 8.89. The molecule has 3 heteroatoms. The van der Waals surface area contributed by atoms with Crippen molar-refractivity contribution >= 4 is 0 Å². The van der Waals surface area contributed by atoms with E-state index in [2.05, 4.69) is 31.2 Å². The summed E-state index contributed by atoms with van der Waals surface area (Å²) in [7, 11) is 0. The van der Waals surface area contributed by atoms with E-state index >= 15 is 0 Å². The molecule has 0 amide bonds. The van der Waals surface area contributed by atoms with Gasteiger partial charge < -0.3 is 15.3 Å². The van der Waals surface area contributed by atoms with Gasteiger partial charge in [-0.2, -0.15) is 0 Å². The SMILES string of the molecule is CCc1cc(C(C)(c2cc(C)c(O)c(C)c2)c2cc(C)c(O)c(CC)c2)cc(C)c1O. The highest BCUT2D eigenvalue weighted by Gasteiger charge is 2.34. The Balaban J connectivity index is 2.44. The summed E-state index contributed by atoms with van der Waals surface area (Å²) in [6.45, 7) is 14.0. The van der Waals surface area contributed by atoms with Crippen molar-refractivity contribution in [1.29, 1.82) is 0 Å². The van der Waals surface area contributed by atoms with Gasteiger partial charge in [-0.15, -0.1) is 0 Å². The third-order valence-corrected chi connectivity index (χ3v) is 6.74. The predicted molar refractivity (Wildman–Crippen MR) is 128 cm³/mol. The average Bonchev–Trinajstić information content (AvgIpc) is 2.74. The number of phenolic OH excluding ortho intramolecular Hbond substituents is 3. The molecule has 3 nitrogen and oxygen atoms in total. The molecule has 3 rings (SSSR count). The molecule has 0 saturated carbocycles. The number of hydrogen-bond donors (Lipinski definition) is 3. The van der Waals surface area contributed by atoms with Gasteiger partial charge in [-0.05, 0) is 97.5 Å². The summed E-state index contributed by atoms with van der Waals surface area (Å²) >= 11 is 0. The van der Waals surface area contributed by atoms with E-state index in [1.165, 1.54) is 0 Å².